The van der Waals surface area contributed by atoms with E-state index in [2.05, 4.69) is 4.72 Å². The van der Waals surface area contributed by atoms with Gasteiger partial charge in [0.15, 0.2) is 0 Å². The van der Waals surface area contributed by atoms with Crippen LogP contribution in [0.4, 0.5) is 17.6 Å². The van der Waals surface area contributed by atoms with Crippen LogP contribution < -0.4 is 4.72 Å². The smallest absolute Gasteiger partial charge is 0.502 e. The first-order valence-electron chi connectivity index (χ1n) is 6.47. The lowest BCUT2D eigenvalue weighted by Crippen LogP contribution is -2.40. The van der Waals surface area contributed by atoms with Crippen molar-refractivity contribution in [1.29, 1.82) is 0 Å². The molecule has 1 aromatic carbocycles. The maximum atomic E-state index is 14.3. The van der Waals surface area contributed by atoms with Crippen LogP contribution in [0.2, 0.25) is 0 Å². The van der Waals surface area contributed by atoms with Gasteiger partial charge in [-0.1, -0.05) is 12.1 Å². The predicted octanol–water partition coefficient (Wildman–Crippen LogP) is 3.23. The molecule has 0 heterocycles. The molecule has 132 valence electrons. The molecule has 0 spiro atoms. The molecule has 0 bridgehead atoms. The van der Waals surface area contributed by atoms with Crippen molar-refractivity contribution in [2.75, 3.05) is 0 Å². The Hall–Kier alpha value is -0.840. The Bertz CT molecular complexity index is 669. The Labute approximate surface area is 135 Å². The maximum Gasteiger partial charge on any atom is 0.502 e. The molecule has 0 aromatic heterocycles. The fourth-order valence-electron chi connectivity index (χ4n) is 1.60. The molecule has 4 nitrogen and oxygen atoms in total. The Morgan fingerprint density at radius 2 is 1.74 bits per heavy atom. The molecule has 23 heavy (non-hydrogen) atoms. The molecule has 1 unspecified atom stereocenters. The monoisotopic (exact) mass is 375 g/mol. The summed E-state index contributed by atoms with van der Waals surface area (Å²) in [5.41, 5.74) is -5.91. The van der Waals surface area contributed by atoms with Gasteiger partial charge in [-0.25, -0.2) is 12.8 Å². The van der Waals surface area contributed by atoms with E-state index in [-0.39, 0.29) is 5.56 Å². The summed E-state index contributed by atoms with van der Waals surface area (Å²) in [6, 6.07) is 1.76. The van der Waals surface area contributed by atoms with Gasteiger partial charge in [-0.15, -0.1) is 4.72 Å². The summed E-state index contributed by atoms with van der Waals surface area (Å²) in [5.74, 6) is -1.50. The fraction of sp³-hybridized carbons (Fsp3) is 0.538. The van der Waals surface area contributed by atoms with Crippen LogP contribution in [0, 0.1) is 5.82 Å². The molecular weight excluding hydrogens is 358 g/mol. The molecule has 0 aliphatic carbocycles. The Morgan fingerprint density at radius 3 is 2.17 bits per heavy atom. The summed E-state index contributed by atoms with van der Waals surface area (Å²) in [6.45, 7) is 6.35. The van der Waals surface area contributed by atoms with Gasteiger partial charge in [-0.3, -0.25) is 0 Å². The summed E-state index contributed by atoms with van der Waals surface area (Å²) in [7, 11) is -5.80. The zero-order valence-corrected chi connectivity index (χ0v) is 14.5. The minimum atomic E-state index is -5.80. The molecule has 0 radical (unpaired) electrons. The van der Waals surface area contributed by atoms with E-state index in [1.54, 1.807) is 20.8 Å². The average Bonchev–Trinajstić information content (AvgIpc) is 2.35. The van der Waals surface area contributed by atoms with Crippen molar-refractivity contribution in [2.24, 2.45) is 0 Å². The van der Waals surface area contributed by atoms with Crippen molar-refractivity contribution < 1.29 is 30.5 Å². The van der Waals surface area contributed by atoms with Crippen molar-refractivity contribution in [1.82, 2.24) is 4.72 Å². The molecular formula is C13H17F4NO3S2. The summed E-state index contributed by atoms with van der Waals surface area (Å²) in [6.07, 6.45) is 0. The second-order valence-corrected chi connectivity index (χ2v) is 9.74. The van der Waals surface area contributed by atoms with Gasteiger partial charge in [0, 0.05) is 16.9 Å². The first-order valence-corrected chi connectivity index (χ1v) is 9.10. The third-order valence-corrected chi connectivity index (χ3v) is 6.08. The lowest BCUT2D eigenvalue weighted by Gasteiger charge is -2.27. The van der Waals surface area contributed by atoms with Crippen LogP contribution in [0.15, 0.2) is 23.1 Å². The molecule has 1 N–H and O–H groups in total. The zero-order valence-electron chi connectivity index (χ0n) is 12.9. The number of nitrogens with one attached hydrogen (secondary N) is 1. The number of hydrogen-bond acceptors (Lipinski definition) is 4. The summed E-state index contributed by atoms with van der Waals surface area (Å²) in [5, 5.41) is 0. The van der Waals surface area contributed by atoms with Crippen LogP contribution in [-0.2, 0) is 21.2 Å². The highest BCUT2D eigenvalue weighted by Crippen LogP contribution is 2.34. The van der Waals surface area contributed by atoms with Gasteiger partial charge in [0.1, 0.15) is 15.5 Å². The molecule has 10 heteroatoms. The van der Waals surface area contributed by atoms with Crippen molar-refractivity contribution in [3.05, 3.63) is 29.6 Å². The van der Waals surface area contributed by atoms with Gasteiger partial charge >= 0.3 is 5.51 Å². The quantitative estimate of drug-likeness (QED) is 0.648. The number of benzene rings is 1. The van der Waals surface area contributed by atoms with Crippen LogP contribution in [0.25, 0.3) is 0 Å². The van der Waals surface area contributed by atoms with E-state index in [0.717, 1.165) is 12.1 Å². The minimum absolute atomic E-state index is 0.312. The second-order valence-electron chi connectivity index (χ2n) is 5.83. The zero-order chi connectivity index (χ0) is 18.2. The Kier molecular flexibility index (Phi) is 5.78. The highest BCUT2D eigenvalue weighted by Gasteiger charge is 2.48. The van der Waals surface area contributed by atoms with E-state index in [0.29, 0.717) is 6.07 Å². The summed E-state index contributed by atoms with van der Waals surface area (Å²) < 4.78 is 88.6. The molecule has 0 fully saturated rings. The third-order valence-electron chi connectivity index (χ3n) is 2.89. The molecule has 0 aliphatic rings. The molecule has 0 aliphatic heterocycles. The Morgan fingerprint density at radius 1 is 1.22 bits per heavy atom. The van der Waals surface area contributed by atoms with Crippen molar-refractivity contribution in [2.45, 2.75) is 48.9 Å². The van der Waals surface area contributed by atoms with Crippen LogP contribution in [-0.4, -0.2) is 23.2 Å². The lowest BCUT2D eigenvalue weighted by atomic mass is 10.1. The van der Waals surface area contributed by atoms with E-state index in [1.807, 2.05) is 0 Å². The number of alkyl halides is 3. The molecule has 0 saturated heterocycles. The van der Waals surface area contributed by atoms with Gasteiger partial charge in [-0.05, 0) is 33.8 Å². The first kappa shape index (κ1) is 20.2. The highest BCUT2D eigenvalue weighted by atomic mass is 32.2. The second kappa shape index (κ2) is 6.58. The van der Waals surface area contributed by atoms with Crippen LogP contribution in [0.1, 0.15) is 39.3 Å². The number of hydrogen-bond donors (Lipinski definition) is 1. The van der Waals surface area contributed by atoms with Crippen LogP contribution in [0.5, 0.6) is 0 Å². The van der Waals surface area contributed by atoms with E-state index < -0.39 is 48.2 Å². The molecule has 0 amide bonds. The standard InChI is InChI=1S/C13H17F4NO3S2/c1-8(18-22(19)12(2,3)4)9-6-5-7-10(11(9)14)23(20,21)13(15,16)17/h5-8,18H,1-4H3/t8?,22-/m0/s1. The predicted molar refractivity (Wildman–Crippen MR) is 79.1 cm³/mol. The lowest BCUT2D eigenvalue weighted by molar-refractivity contribution is -0.0437. The third kappa shape index (κ3) is 4.37. The Balaban J connectivity index is 3.25. The van der Waals surface area contributed by atoms with Gasteiger partial charge < -0.3 is 4.55 Å². The van der Waals surface area contributed by atoms with Gasteiger partial charge in [0.2, 0.25) is 0 Å². The number of sulfone groups is 1. The number of halogens is 4. The van der Waals surface area contributed by atoms with Crippen molar-refractivity contribution in [3.63, 3.8) is 0 Å². The summed E-state index contributed by atoms with van der Waals surface area (Å²) >= 11 is -1.61. The van der Waals surface area contributed by atoms with Gasteiger partial charge in [0.25, 0.3) is 9.84 Å². The van der Waals surface area contributed by atoms with Gasteiger partial charge in [-0.2, -0.15) is 13.2 Å². The maximum absolute atomic E-state index is 14.3. The topological polar surface area (TPSA) is 69.2 Å². The SMILES string of the molecule is CC(N[S@@+]([O-])C(C)(C)C)c1cccc(S(=O)(=O)C(F)(F)F)c1F. The van der Waals surface area contributed by atoms with E-state index in [4.69, 9.17) is 0 Å². The minimum Gasteiger partial charge on any atom is -0.598 e. The highest BCUT2D eigenvalue weighted by molar-refractivity contribution is 7.92. The molecule has 1 rings (SSSR count). The summed E-state index contributed by atoms with van der Waals surface area (Å²) in [4.78, 5) is -1.45. The van der Waals surface area contributed by atoms with E-state index in [1.165, 1.54) is 6.92 Å². The van der Waals surface area contributed by atoms with Gasteiger partial charge in [0.05, 0.1) is 6.04 Å². The molecule has 1 aromatic rings. The first-order chi connectivity index (χ1) is 10.2. The molecule has 0 saturated carbocycles. The number of rotatable bonds is 4. The largest absolute Gasteiger partial charge is 0.598 e. The molecule has 2 atom stereocenters. The fourth-order valence-corrected chi connectivity index (χ4v) is 3.26. The van der Waals surface area contributed by atoms with E-state index >= 15 is 0 Å². The van der Waals surface area contributed by atoms with Crippen molar-refractivity contribution >= 4 is 21.2 Å². The van der Waals surface area contributed by atoms with Crippen LogP contribution >= 0.6 is 0 Å². The van der Waals surface area contributed by atoms with Crippen LogP contribution in [0.3, 0.4) is 0 Å². The normalized spacial score (nSPS) is 16.2. The average molecular weight is 375 g/mol. The van der Waals surface area contributed by atoms with E-state index in [9.17, 15) is 30.5 Å². The van der Waals surface area contributed by atoms with Crippen molar-refractivity contribution in [3.8, 4) is 0 Å².